The molecule has 1 aliphatic carbocycles. The van der Waals surface area contributed by atoms with Crippen LogP contribution in [-0.2, 0) is 6.42 Å². The van der Waals surface area contributed by atoms with Crippen molar-refractivity contribution in [2.75, 3.05) is 6.54 Å². The molecule has 1 aliphatic rings. The summed E-state index contributed by atoms with van der Waals surface area (Å²) in [6, 6.07) is 9.12. The molecule has 0 spiro atoms. The molecule has 1 fully saturated rings. The summed E-state index contributed by atoms with van der Waals surface area (Å²) < 4.78 is 0. The Morgan fingerprint density at radius 3 is 2.81 bits per heavy atom. The van der Waals surface area contributed by atoms with E-state index in [1.807, 2.05) is 0 Å². The second kappa shape index (κ2) is 5.30. The zero-order valence-corrected chi connectivity index (χ0v) is 10.4. The Hall–Kier alpha value is -1.09. The average Bonchev–Trinajstić information content (AvgIpc) is 3.05. The van der Waals surface area contributed by atoms with Crippen LogP contribution in [0.25, 0.3) is 0 Å². The first-order valence-corrected chi connectivity index (χ1v) is 6.25. The van der Waals surface area contributed by atoms with Crippen molar-refractivity contribution in [1.82, 2.24) is 10.6 Å². The smallest absolute Gasteiger partial charge is 0.166 e. The Labute approximate surface area is 102 Å². The number of benzene rings is 1. The van der Waals surface area contributed by atoms with E-state index in [0.29, 0.717) is 6.04 Å². The van der Waals surface area contributed by atoms with Crippen molar-refractivity contribution < 1.29 is 0 Å². The Balaban J connectivity index is 1.70. The van der Waals surface area contributed by atoms with Crippen LogP contribution in [0, 0.1) is 6.92 Å². The van der Waals surface area contributed by atoms with Gasteiger partial charge in [-0.25, -0.2) is 0 Å². The molecule has 2 nitrogen and oxygen atoms in total. The maximum atomic E-state index is 5.20. The highest BCUT2D eigenvalue weighted by Crippen LogP contribution is 2.18. The summed E-state index contributed by atoms with van der Waals surface area (Å²) >= 11 is 5.20. The second-order valence-corrected chi connectivity index (χ2v) is 4.76. The molecule has 0 saturated heterocycles. The van der Waals surface area contributed by atoms with Crippen molar-refractivity contribution in [3.63, 3.8) is 0 Å². The summed E-state index contributed by atoms with van der Waals surface area (Å²) in [5, 5.41) is 7.33. The van der Waals surface area contributed by atoms with Gasteiger partial charge in [0.05, 0.1) is 0 Å². The van der Waals surface area contributed by atoms with E-state index in [1.165, 1.54) is 24.0 Å². The van der Waals surface area contributed by atoms with Crippen LogP contribution in [0.1, 0.15) is 24.0 Å². The maximum absolute atomic E-state index is 5.20. The molecule has 0 aromatic heterocycles. The van der Waals surface area contributed by atoms with E-state index in [1.54, 1.807) is 0 Å². The minimum absolute atomic E-state index is 0.637. The van der Waals surface area contributed by atoms with Crippen LogP contribution >= 0.6 is 12.2 Å². The number of rotatable bonds is 4. The van der Waals surface area contributed by atoms with Crippen LogP contribution in [0.3, 0.4) is 0 Å². The summed E-state index contributed by atoms with van der Waals surface area (Å²) in [6.45, 7) is 3.06. The molecule has 2 N–H and O–H groups in total. The lowest BCUT2D eigenvalue weighted by atomic mass is 10.1. The summed E-state index contributed by atoms with van der Waals surface area (Å²) in [5.74, 6) is 0. The van der Waals surface area contributed by atoms with E-state index in [4.69, 9.17) is 12.2 Å². The van der Waals surface area contributed by atoms with Crippen molar-refractivity contribution in [1.29, 1.82) is 0 Å². The van der Waals surface area contributed by atoms with Gasteiger partial charge in [-0.05, 0) is 49.5 Å². The molecule has 2 rings (SSSR count). The van der Waals surface area contributed by atoms with Gasteiger partial charge in [-0.2, -0.15) is 0 Å². The minimum atomic E-state index is 0.637. The highest BCUT2D eigenvalue weighted by Gasteiger charge is 2.21. The topological polar surface area (TPSA) is 24.1 Å². The van der Waals surface area contributed by atoms with Crippen LogP contribution in [-0.4, -0.2) is 17.7 Å². The summed E-state index contributed by atoms with van der Waals surface area (Å²) in [4.78, 5) is 0. The third-order valence-corrected chi connectivity index (χ3v) is 3.12. The van der Waals surface area contributed by atoms with Gasteiger partial charge in [0.1, 0.15) is 0 Å². The molecule has 1 saturated carbocycles. The third kappa shape index (κ3) is 3.49. The first kappa shape index (κ1) is 11.4. The number of aryl methyl sites for hydroxylation is 1. The first-order chi connectivity index (χ1) is 7.75. The molecular weight excluding hydrogens is 216 g/mol. The van der Waals surface area contributed by atoms with Crippen molar-refractivity contribution >= 4 is 17.3 Å². The summed E-state index contributed by atoms with van der Waals surface area (Å²) in [5.41, 5.74) is 2.74. The SMILES string of the molecule is Cc1ccccc1CCNC(=S)NC1CC1. The Bertz CT molecular complexity index is 372. The molecular formula is C13H18N2S. The largest absolute Gasteiger partial charge is 0.362 e. The van der Waals surface area contributed by atoms with Gasteiger partial charge in [0, 0.05) is 12.6 Å². The lowest BCUT2D eigenvalue weighted by Gasteiger charge is -2.10. The quantitative estimate of drug-likeness (QED) is 0.781. The lowest BCUT2D eigenvalue weighted by molar-refractivity contribution is 0.809. The average molecular weight is 234 g/mol. The van der Waals surface area contributed by atoms with E-state index in [9.17, 15) is 0 Å². The third-order valence-electron chi connectivity index (χ3n) is 2.85. The van der Waals surface area contributed by atoms with Gasteiger partial charge in [-0.1, -0.05) is 24.3 Å². The molecule has 0 heterocycles. The van der Waals surface area contributed by atoms with E-state index in [-0.39, 0.29) is 0 Å². The molecule has 0 unspecified atom stereocenters. The molecule has 1 aromatic rings. The fraction of sp³-hybridized carbons (Fsp3) is 0.462. The number of hydrogen-bond acceptors (Lipinski definition) is 1. The highest BCUT2D eigenvalue weighted by molar-refractivity contribution is 7.80. The van der Waals surface area contributed by atoms with Crippen LogP contribution in [0.5, 0.6) is 0 Å². The maximum Gasteiger partial charge on any atom is 0.166 e. The normalized spacial score (nSPS) is 14.6. The van der Waals surface area contributed by atoms with Crippen LogP contribution in [0.2, 0.25) is 0 Å². The van der Waals surface area contributed by atoms with Crippen LogP contribution < -0.4 is 10.6 Å². The Kier molecular flexibility index (Phi) is 3.78. The number of thiocarbonyl (C=S) groups is 1. The monoisotopic (exact) mass is 234 g/mol. The minimum Gasteiger partial charge on any atom is -0.362 e. The highest BCUT2D eigenvalue weighted by atomic mass is 32.1. The molecule has 0 aliphatic heterocycles. The number of hydrogen-bond donors (Lipinski definition) is 2. The predicted molar refractivity (Wildman–Crippen MR) is 71.6 cm³/mol. The first-order valence-electron chi connectivity index (χ1n) is 5.84. The molecule has 16 heavy (non-hydrogen) atoms. The van der Waals surface area contributed by atoms with Crippen molar-refractivity contribution in [3.05, 3.63) is 35.4 Å². The molecule has 0 amide bonds. The van der Waals surface area contributed by atoms with Crippen molar-refractivity contribution in [2.24, 2.45) is 0 Å². The zero-order chi connectivity index (χ0) is 11.4. The number of nitrogens with one attached hydrogen (secondary N) is 2. The van der Waals surface area contributed by atoms with Crippen LogP contribution in [0.4, 0.5) is 0 Å². The summed E-state index contributed by atoms with van der Waals surface area (Å²) in [7, 11) is 0. The van der Waals surface area contributed by atoms with E-state index >= 15 is 0 Å². The van der Waals surface area contributed by atoms with Crippen molar-refractivity contribution in [3.8, 4) is 0 Å². The Morgan fingerprint density at radius 1 is 1.38 bits per heavy atom. The van der Waals surface area contributed by atoms with Gasteiger partial charge in [0.2, 0.25) is 0 Å². The van der Waals surface area contributed by atoms with Gasteiger partial charge in [-0.3, -0.25) is 0 Å². The van der Waals surface area contributed by atoms with Gasteiger partial charge in [0.25, 0.3) is 0 Å². The fourth-order valence-electron chi connectivity index (χ4n) is 1.67. The second-order valence-electron chi connectivity index (χ2n) is 4.35. The standard InChI is InChI=1S/C13H18N2S/c1-10-4-2-3-5-11(10)8-9-14-13(16)15-12-6-7-12/h2-5,12H,6-9H2,1H3,(H2,14,15,16). The Morgan fingerprint density at radius 2 is 2.12 bits per heavy atom. The van der Waals surface area contributed by atoms with E-state index in [0.717, 1.165) is 18.1 Å². The predicted octanol–water partition coefficient (Wildman–Crippen LogP) is 2.16. The molecule has 86 valence electrons. The molecule has 0 atom stereocenters. The molecule has 0 bridgehead atoms. The molecule has 1 aromatic carbocycles. The van der Waals surface area contributed by atoms with Crippen molar-refractivity contribution in [2.45, 2.75) is 32.2 Å². The molecule has 3 heteroatoms. The zero-order valence-electron chi connectivity index (χ0n) is 9.62. The van der Waals surface area contributed by atoms with Crippen LogP contribution in [0.15, 0.2) is 24.3 Å². The fourth-order valence-corrected chi connectivity index (χ4v) is 1.93. The van der Waals surface area contributed by atoms with Gasteiger partial charge in [-0.15, -0.1) is 0 Å². The lowest BCUT2D eigenvalue weighted by Crippen LogP contribution is -2.37. The van der Waals surface area contributed by atoms with Gasteiger partial charge in [0.15, 0.2) is 5.11 Å². The van der Waals surface area contributed by atoms with Gasteiger partial charge < -0.3 is 10.6 Å². The molecule has 0 radical (unpaired) electrons. The van der Waals surface area contributed by atoms with E-state index < -0.39 is 0 Å². The van der Waals surface area contributed by atoms with Gasteiger partial charge >= 0.3 is 0 Å². The van der Waals surface area contributed by atoms with E-state index in [2.05, 4.69) is 41.8 Å². The summed E-state index contributed by atoms with van der Waals surface area (Å²) in [6.07, 6.45) is 3.55.